The Labute approximate surface area is 122 Å². The van der Waals surface area contributed by atoms with Gasteiger partial charge in [0.25, 0.3) is 0 Å². The molecule has 0 saturated heterocycles. The highest BCUT2D eigenvalue weighted by molar-refractivity contribution is 5.14. The van der Waals surface area contributed by atoms with Crippen molar-refractivity contribution in [3.63, 3.8) is 0 Å². The largest absolute Gasteiger partial charge is 0.310 e. The molecule has 1 aromatic heterocycles. The fourth-order valence-electron chi connectivity index (χ4n) is 2.65. The summed E-state index contributed by atoms with van der Waals surface area (Å²) in [6.45, 7) is 6.71. The minimum Gasteiger partial charge on any atom is -0.310 e. The van der Waals surface area contributed by atoms with E-state index in [2.05, 4.69) is 34.3 Å². The molecule has 0 aliphatic heterocycles. The van der Waals surface area contributed by atoms with Gasteiger partial charge in [-0.3, -0.25) is 9.88 Å². The van der Waals surface area contributed by atoms with Crippen molar-refractivity contribution >= 4 is 0 Å². The first-order valence-electron chi connectivity index (χ1n) is 8.23. The summed E-state index contributed by atoms with van der Waals surface area (Å²) in [5, 5.41) is 3.54. The topological polar surface area (TPSA) is 28.2 Å². The van der Waals surface area contributed by atoms with Crippen molar-refractivity contribution in [3.05, 3.63) is 29.6 Å². The Kier molecular flexibility index (Phi) is 4.69. The van der Waals surface area contributed by atoms with Crippen LogP contribution >= 0.6 is 0 Å². The molecule has 2 fully saturated rings. The second-order valence-corrected chi connectivity index (χ2v) is 6.49. The molecule has 0 amide bonds. The molecule has 0 unspecified atom stereocenters. The van der Waals surface area contributed by atoms with Gasteiger partial charge in [-0.1, -0.05) is 13.0 Å². The predicted octanol–water partition coefficient (Wildman–Crippen LogP) is 2.96. The van der Waals surface area contributed by atoms with Crippen LogP contribution in [0.4, 0.5) is 0 Å². The number of rotatable bonds is 9. The fraction of sp³-hybridized carbons (Fsp3) is 0.706. The van der Waals surface area contributed by atoms with Gasteiger partial charge >= 0.3 is 0 Å². The number of hydrogen-bond donors (Lipinski definition) is 1. The third kappa shape index (κ3) is 4.57. The first kappa shape index (κ1) is 14.0. The summed E-state index contributed by atoms with van der Waals surface area (Å²) in [5.41, 5.74) is 2.53. The summed E-state index contributed by atoms with van der Waals surface area (Å²) in [6.07, 6.45) is 8.83. The number of aromatic nitrogens is 1. The van der Waals surface area contributed by atoms with E-state index in [1.54, 1.807) is 0 Å². The van der Waals surface area contributed by atoms with Crippen molar-refractivity contribution in [2.75, 3.05) is 13.1 Å². The van der Waals surface area contributed by atoms with Crippen LogP contribution in [0.1, 0.15) is 50.3 Å². The van der Waals surface area contributed by atoms with E-state index < -0.39 is 0 Å². The average Bonchev–Trinajstić information content (AvgIpc) is 3.33. The molecular formula is C17H27N3. The van der Waals surface area contributed by atoms with E-state index in [-0.39, 0.29) is 0 Å². The molecule has 1 N–H and O–H groups in total. The fourth-order valence-corrected chi connectivity index (χ4v) is 2.65. The zero-order valence-corrected chi connectivity index (χ0v) is 12.6. The highest BCUT2D eigenvalue weighted by Crippen LogP contribution is 2.30. The molecule has 3 nitrogen and oxygen atoms in total. The molecule has 0 spiro atoms. The maximum atomic E-state index is 4.65. The third-order valence-electron chi connectivity index (χ3n) is 4.20. The van der Waals surface area contributed by atoms with Crippen molar-refractivity contribution in [3.8, 4) is 0 Å². The van der Waals surface area contributed by atoms with E-state index in [0.717, 1.165) is 25.0 Å². The molecule has 110 valence electrons. The second-order valence-electron chi connectivity index (χ2n) is 6.49. The van der Waals surface area contributed by atoms with Crippen LogP contribution in [-0.2, 0) is 13.1 Å². The Morgan fingerprint density at radius 2 is 2.10 bits per heavy atom. The molecule has 0 bridgehead atoms. The van der Waals surface area contributed by atoms with Crippen molar-refractivity contribution in [1.29, 1.82) is 0 Å². The highest BCUT2D eigenvalue weighted by Gasteiger charge is 2.24. The Bertz CT molecular complexity index is 407. The maximum absolute atomic E-state index is 4.65. The minimum absolute atomic E-state index is 0.772. The molecule has 0 atom stereocenters. The number of pyridine rings is 1. The summed E-state index contributed by atoms with van der Waals surface area (Å²) < 4.78 is 0. The zero-order chi connectivity index (χ0) is 13.8. The lowest BCUT2D eigenvalue weighted by molar-refractivity contribution is 0.252. The minimum atomic E-state index is 0.772. The molecule has 3 rings (SSSR count). The van der Waals surface area contributed by atoms with Gasteiger partial charge in [-0.15, -0.1) is 0 Å². The lowest BCUT2D eigenvalue weighted by Crippen LogP contribution is -2.26. The highest BCUT2D eigenvalue weighted by atomic mass is 15.1. The molecular weight excluding hydrogens is 246 g/mol. The Morgan fingerprint density at radius 3 is 2.70 bits per heavy atom. The Balaban J connectivity index is 1.49. The van der Waals surface area contributed by atoms with Gasteiger partial charge in [0.15, 0.2) is 0 Å². The first-order valence-corrected chi connectivity index (χ1v) is 8.23. The van der Waals surface area contributed by atoms with Gasteiger partial charge in [-0.2, -0.15) is 0 Å². The number of nitrogens with zero attached hydrogens (tertiary/aromatic N) is 2. The van der Waals surface area contributed by atoms with Crippen LogP contribution in [-0.4, -0.2) is 29.0 Å². The van der Waals surface area contributed by atoms with Crippen LogP contribution in [0.2, 0.25) is 0 Å². The summed E-state index contributed by atoms with van der Waals surface area (Å²) in [7, 11) is 0. The first-order chi connectivity index (χ1) is 9.83. The molecule has 1 aromatic rings. The summed E-state index contributed by atoms with van der Waals surface area (Å²) in [5.74, 6) is 0.962. The molecule has 0 radical (unpaired) electrons. The number of nitrogens with one attached hydrogen (secondary N) is 1. The predicted molar refractivity (Wildman–Crippen MR) is 82.4 cm³/mol. The molecule has 2 saturated carbocycles. The van der Waals surface area contributed by atoms with Gasteiger partial charge in [0.2, 0.25) is 0 Å². The average molecular weight is 273 g/mol. The van der Waals surface area contributed by atoms with Crippen molar-refractivity contribution < 1.29 is 0 Å². The van der Waals surface area contributed by atoms with E-state index >= 15 is 0 Å². The molecule has 20 heavy (non-hydrogen) atoms. The van der Waals surface area contributed by atoms with Crippen molar-refractivity contribution in [1.82, 2.24) is 15.2 Å². The van der Waals surface area contributed by atoms with Crippen LogP contribution in [0.25, 0.3) is 0 Å². The third-order valence-corrected chi connectivity index (χ3v) is 4.20. The molecule has 0 aromatic carbocycles. The number of hydrogen-bond acceptors (Lipinski definition) is 3. The zero-order valence-electron chi connectivity index (χ0n) is 12.6. The van der Waals surface area contributed by atoms with Gasteiger partial charge in [-0.05, 0) is 56.2 Å². The molecule has 3 heteroatoms. The Morgan fingerprint density at radius 1 is 1.25 bits per heavy atom. The van der Waals surface area contributed by atoms with Crippen molar-refractivity contribution in [2.45, 2.75) is 58.2 Å². The second kappa shape index (κ2) is 6.68. The molecule has 2 aliphatic rings. The summed E-state index contributed by atoms with van der Waals surface area (Å²) in [4.78, 5) is 7.22. The van der Waals surface area contributed by atoms with E-state index in [4.69, 9.17) is 0 Å². The van der Waals surface area contributed by atoms with Gasteiger partial charge in [0.05, 0.1) is 5.69 Å². The van der Waals surface area contributed by atoms with E-state index in [0.29, 0.717) is 0 Å². The molecule has 2 aliphatic carbocycles. The smallest absolute Gasteiger partial charge is 0.0544 e. The van der Waals surface area contributed by atoms with Gasteiger partial charge in [0.1, 0.15) is 0 Å². The SMILES string of the molecule is CCCN(Cc1ccc(CNC2CC2)cn1)CC1CC1. The van der Waals surface area contributed by atoms with Crippen LogP contribution in [0.5, 0.6) is 0 Å². The van der Waals surface area contributed by atoms with Gasteiger partial charge in [-0.25, -0.2) is 0 Å². The van der Waals surface area contributed by atoms with E-state index in [1.165, 1.54) is 56.5 Å². The normalized spacial score (nSPS) is 18.7. The quantitative estimate of drug-likeness (QED) is 0.750. The van der Waals surface area contributed by atoms with Gasteiger partial charge in [0, 0.05) is 31.9 Å². The Hall–Kier alpha value is -0.930. The van der Waals surface area contributed by atoms with Crippen molar-refractivity contribution in [2.24, 2.45) is 5.92 Å². The van der Waals surface area contributed by atoms with Crippen LogP contribution in [0.15, 0.2) is 18.3 Å². The monoisotopic (exact) mass is 273 g/mol. The summed E-state index contributed by atoms with van der Waals surface area (Å²) >= 11 is 0. The van der Waals surface area contributed by atoms with E-state index in [1.807, 2.05) is 6.20 Å². The summed E-state index contributed by atoms with van der Waals surface area (Å²) in [6, 6.07) is 5.21. The van der Waals surface area contributed by atoms with Crippen LogP contribution in [0, 0.1) is 5.92 Å². The lowest BCUT2D eigenvalue weighted by Gasteiger charge is -2.21. The lowest BCUT2D eigenvalue weighted by atomic mass is 10.2. The van der Waals surface area contributed by atoms with Crippen LogP contribution in [0.3, 0.4) is 0 Å². The van der Waals surface area contributed by atoms with Gasteiger partial charge < -0.3 is 5.32 Å². The standard InChI is InChI=1S/C17H27N3/c1-2-9-20(12-14-3-4-14)13-17-6-5-15(11-19-17)10-18-16-7-8-16/h5-6,11,14,16,18H,2-4,7-10,12-13H2,1H3. The molecule has 1 heterocycles. The van der Waals surface area contributed by atoms with E-state index in [9.17, 15) is 0 Å². The van der Waals surface area contributed by atoms with Crippen LogP contribution < -0.4 is 5.32 Å². The maximum Gasteiger partial charge on any atom is 0.0544 e.